The Kier molecular flexibility index (Phi) is 4.36. The van der Waals surface area contributed by atoms with Crippen molar-refractivity contribution in [3.05, 3.63) is 42.5 Å². The molecule has 0 spiro atoms. The Bertz CT molecular complexity index is 727. The molecular formula is C19H23N3O2. The predicted octanol–water partition coefficient (Wildman–Crippen LogP) is 2.82. The fourth-order valence-electron chi connectivity index (χ4n) is 3.72. The van der Waals surface area contributed by atoms with Crippen molar-refractivity contribution in [2.24, 2.45) is 0 Å². The Labute approximate surface area is 142 Å². The summed E-state index contributed by atoms with van der Waals surface area (Å²) in [6.07, 6.45) is 2.49. The van der Waals surface area contributed by atoms with Gasteiger partial charge in [0, 0.05) is 5.69 Å². The lowest BCUT2D eigenvalue weighted by atomic mass is 10.1. The van der Waals surface area contributed by atoms with Gasteiger partial charge in [-0.3, -0.25) is 4.90 Å². The highest BCUT2D eigenvalue weighted by Gasteiger charge is 2.35. The molecule has 2 atom stereocenters. The number of benzene rings is 2. The number of urea groups is 1. The van der Waals surface area contributed by atoms with Crippen LogP contribution in [0.2, 0.25) is 0 Å². The summed E-state index contributed by atoms with van der Waals surface area (Å²) >= 11 is 0. The first-order valence-electron chi connectivity index (χ1n) is 8.68. The van der Waals surface area contributed by atoms with Gasteiger partial charge in [-0.15, -0.1) is 0 Å². The van der Waals surface area contributed by atoms with Crippen molar-refractivity contribution in [1.82, 2.24) is 10.2 Å². The van der Waals surface area contributed by atoms with Crippen molar-refractivity contribution in [3.8, 4) is 0 Å². The third-order valence-electron chi connectivity index (χ3n) is 4.98. The molecule has 2 saturated heterocycles. The van der Waals surface area contributed by atoms with Gasteiger partial charge in [0.2, 0.25) is 0 Å². The number of hydrogen-bond donors (Lipinski definition) is 2. The summed E-state index contributed by atoms with van der Waals surface area (Å²) in [4.78, 5) is 14.8. The largest absolute Gasteiger partial charge is 0.378 e. The number of likely N-dealkylation sites (tertiary alicyclic amines) is 1. The molecule has 0 saturated carbocycles. The first kappa shape index (κ1) is 15.4. The molecule has 4 rings (SSSR count). The summed E-state index contributed by atoms with van der Waals surface area (Å²) in [7, 11) is 0. The second-order valence-electron chi connectivity index (χ2n) is 6.61. The number of carbonyl (C=O) groups is 1. The number of carbonyl (C=O) groups excluding carboxylic acids is 1. The Hall–Kier alpha value is -2.11. The minimum atomic E-state index is -0.162. The van der Waals surface area contributed by atoms with Crippen molar-refractivity contribution in [3.63, 3.8) is 0 Å². The lowest BCUT2D eigenvalue weighted by Gasteiger charge is -2.27. The topological polar surface area (TPSA) is 53.6 Å². The summed E-state index contributed by atoms with van der Waals surface area (Å²) < 4.78 is 5.61. The summed E-state index contributed by atoms with van der Waals surface area (Å²) in [6, 6.07) is 14.3. The van der Waals surface area contributed by atoms with Crippen LogP contribution in [-0.4, -0.2) is 49.3 Å². The van der Waals surface area contributed by atoms with Crippen LogP contribution in [-0.2, 0) is 4.74 Å². The second-order valence-corrected chi connectivity index (χ2v) is 6.61. The van der Waals surface area contributed by atoms with E-state index in [0.717, 1.165) is 24.2 Å². The van der Waals surface area contributed by atoms with Gasteiger partial charge in [-0.1, -0.05) is 30.3 Å². The van der Waals surface area contributed by atoms with E-state index in [1.54, 1.807) is 0 Å². The molecular weight excluding hydrogens is 302 g/mol. The minimum Gasteiger partial charge on any atom is -0.378 e. The molecule has 2 aliphatic rings. The summed E-state index contributed by atoms with van der Waals surface area (Å²) in [5.74, 6) is 0. The molecule has 0 radical (unpaired) electrons. The Morgan fingerprint density at radius 1 is 1.04 bits per heavy atom. The first-order chi connectivity index (χ1) is 11.8. The molecule has 126 valence electrons. The van der Waals surface area contributed by atoms with Crippen LogP contribution >= 0.6 is 0 Å². The molecule has 5 nitrogen and oxygen atoms in total. The number of rotatable bonds is 3. The van der Waals surface area contributed by atoms with Gasteiger partial charge in [-0.2, -0.15) is 0 Å². The average molecular weight is 325 g/mol. The smallest absolute Gasteiger partial charge is 0.319 e. The molecule has 2 aromatic carbocycles. The van der Waals surface area contributed by atoms with E-state index < -0.39 is 0 Å². The number of ether oxygens (including phenoxy) is 1. The van der Waals surface area contributed by atoms with Gasteiger partial charge in [0.1, 0.15) is 0 Å². The van der Waals surface area contributed by atoms with Gasteiger partial charge in [0.05, 0.1) is 25.3 Å². The first-order valence-corrected chi connectivity index (χ1v) is 8.68. The highest BCUT2D eigenvalue weighted by Crippen LogP contribution is 2.20. The maximum absolute atomic E-state index is 12.4. The van der Waals surface area contributed by atoms with E-state index in [2.05, 4.69) is 21.6 Å². The zero-order chi connectivity index (χ0) is 16.4. The van der Waals surface area contributed by atoms with Gasteiger partial charge >= 0.3 is 6.03 Å². The fraction of sp³-hybridized carbons (Fsp3) is 0.421. The summed E-state index contributed by atoms with van der Waals surface area (Å²) in [5, 5.41) is 8.32. The van der Waals surface area contributed by atoms with Crippen molar-refractivity contribution in [2.75, 3.05) is 31.6 Å². The van der Waals surface area contributed by atoms with E-state index in [1.165, 1.54) is 18.2 Å². The van der Waals surface area contributed by atoms with E-state index in [9.17, 15) is 4.79 Å². The molecule has 2 heterocycles. The van der Waals surface area contributed by atoms with Crippen LogP contribution in [0, 0.1) is 0 Å². The van der Waals surface area contributed by atoms with Crippen LogP contribution in [0.5, 0.6) is 0 Å². The summed E-state index contributed by atoms with van der Waals surface area (Å²) in [6.45, 7) is 3.52. The second kappa shape index (κ2) is 6.79. The molecule has 2 N–H and O–H groups in total. The normalized spacial score (nSPS) is 24.3. The maximum Gasteiger partial charge on any atom is 0.319 e. The molecule has 2 aliphatic heterocycles. The van der Waals surface area contributed by atoms with Crippen LogP contribution in [0.25, 0.3) is 10.8 Å². The molecule has 24 heavy (non-hydrogen) atoms. The SMILES string of the molecule is O=C(Nc1ccc2ccccc2c1)N[C@@H]1COC[C@H]1N1CCCC1. The van der Waals surface area contributed by atoms with Crippen LogP contribution in [0.3, 0.4) is 0 Å². The summed E-state index contributed by atoms with van der Waals surface area (Å²) in [5.41, 5.74) is 0.808. The highest BCUT2D eigenvalue weighted by molar-refractivity contribution is 5.93. The van der Waals surface area contributed by atoms with Gasteiger partial charge in [-0.05, 0) is 48.8 Å². The van der Waals surface area contributed by atoms with E-state index in [4.69, 9.17) is 4.74 Å². The number of fused-ring (bicyclic) bond motifs is 1. The highest BCUT2D eigenvalue weighted by atomic mass is 16.5. The minimum absolute atomic E-state index is 0.0588. The molecule has 0 unspecified atom stereocenters. The number of amides is 2. The average Bonchev–Trinajstić information content (AvgIpc) is 3.25. The third kappa shape index (κ3) is 3.23. The van der Waals surface area contributed by atoms with E-state index in [1.807, 2.05) is 36.4 Å². The molecule has 2 fully saturated rings. The van der Waals surface area contributed by atoms with Crippen LogP contribution < -0.4 is 10.6 Å². The van der Waals surface area contributed by atoms with Crippen molar-refractivity contribution >= 4 is 22.5 Å². The van der Waals surface area contributed by atoms with E-state index >= 15 is 0 Å². The van der Waals surface area contributed by atoms with E-state index in [-0.39, 0.29) is 12.1 Å². The van der Waals surface area contributed by atoms with Crippen molar-refractivity contribution in [1.29, 1.82) is 0 Å². The van der Waals surface area contributed by atoms with Gasteiger partial charge in [0.15, 0.2) is 0 Å². The zero-order valence-corrected chi connectivity index (χ0v) is 13.7. The lowest BCUT2D eigenvalue weighted by molar-refractivity contribution is 0.159. The molecule has 5 heteroatoms. The third-order valence-corrected chi connectivity index (χ3v) is 4.98. The number of hydrogen-bond acceptors (Lipinski definition) is 3. The van der Waals surface area contributed by atoms with Gasteiger partial charge in [0.25, 0.3) is 0 Å². The maximum atomic E-state index is 12.4. The Balaban J connectivity index is 1.40. The Morgan fingerprint density at radius 2 is 1.83 bits per heavy atom. The molecule has 2 amide bonds. The molecule has 0 aliphatic carbocycles. The van der Waals surface area contributed by atoms with Crippen LogP contribution in [0.15, 0.2) is 42.5 Å². The molecule has 2 aromatic rings. The number of anilines is 1. The standard InChI is InChI=1S/C19H23N3O2/c23-19(20-16-8-7-14-5-1-2-6-15(14)11-16)21-17-12-24-13-18(17)22-9-3-4-10-22/h1-2,5-8,11,17-18H,3-4,9-10,12-13H2,(H2,20,21,23)/t17-,18-/m1/s1. The van der Waals surface area contributed by atoms with Crippen molar-refractivity contribution < 1.29 is 9.53 Å². The van der Waals surface area contributed by atoms with Crippen molar-refractivity contribution in [2.45, 2.75) is 24.9 Å². The van der Waals surface area contributed by atoms with Gasteiger partial charge in [-0.25, -0.2) is 4.79 Å². The predicted molar refractivity (Wildman–Crippen MR) is 95.3 cm³/mol. The fourth-order valence-corrected chi connectivity index (χ4v) is 3.72. The quantitative estimate of drug-likeness (QED) is 0.912. The molecule has 0 bridgehead atoms. The molecule has 0 aromatic heterocycles. The van der Waals surface area contributed by atoms with Crippen LogP contribution in [0.4, 0.5) is 10.5 Å². The van der Waals surface area contributed by atoms with Gasteiger partial charge < -0.3 is 15.4 Å². The van der Waals surface area contributed by atoms with E-state index in [0.29, 0.717) is 19.3 Å². The zero-order valence-electron chi connectivity index (χ0n) is 13.7. The lowest BCUT2D eigenvalue weighted by Crippen LogP contribution is -2.51. The number of nitrogens with one attached hydrogen (secondary N) is 2. The number of nitrogens with zero attached hydrogens (tertiary/aromatic N) is 1. The monoisotopic (exact) mass is 325 g/mol. The van der Waals surface area contributed by atoms with Crippen LogP contribution in [0.1, 0.15) is 12.8 Å². The Morgan fingerprint density at radius 3 is 2.67 bits per heavy atom.